The molecule has 21 heavy (non-hydrogen) atoms. The van der Waals surface area contributed by atoms with Gasteiger partial charge in [-0.15, -0.1) is 0 Å². The summed E-state index contributed by atoms with van der Waals surface area (Å²) in [6.45, 7) is 3.94. The molecule has 1 fully saturated rings. The number of ether oxygens (including phenoxy) is 1. The topological polar surface area (TPSA) is 67.4 Å². The number of fused-ring (bicyclic) bond motifs is 1. The van der Waals surface area contributed by atoms with Crippen molar-refractivity contribution in [1.82, 2.24) is 4.72 Å². The zero-order valence-electron chi connectivity index (χ0n) is 12.3. The van der Waals surface area contributed by atoms with Crippen molar-refractivity contribution in [2.45, 2.75) is 43.1 Å². The third kappa shape index (κ3) is 3.22. The van der Waals surface area contributed by atoms with Gasteiger partial charge in [-0.05, 0) is 56.4 Å². The molecule has 0 saturated carbocycles. The number of benzene rings is 1. The van der Waals surface area contributed by atoms with Gasteiger partial charge in [0.05, 0.1) is 10.5 Å². The molecule has 116 valence electrons. The first-order valence-electron chi connectivity index (χ1n) is 7.49. The van der Waals surface area contributed by atoms with Crippen LogP contribution in [0.2, 0.25) is 0 Å². The van der Waals surface area contributed by atoms with Gasteiger partial charge >= 0.3 is 0 Å². The Balaban J connectivity index is 1.75. The van der Waals surface area contributed by atoms with E-state index in [1.807, 2.05) is 13.0 Å². The molecule has 1 saturated heterocycles. The van der Waals surface area contributed by atoms with Crippen molar-refractivity contribution in [1.29, 1.82) is 0 Å². The first kappa shape index (κ1) is 14.8. The monoisotopic (exact) mass is 310 g/mol. The summed E-state index contributed by atoms with van der Waals surface area (Å²) in [5, 5.41) is 3.29. The summed E-state index contributed by atoms with van der Waals surface area (Å²) in [6.07, 6.45) is 3.84. The van der Waals surface area contributed by atoms with Crippen LogP contribution in [0.5, 0.6) is 0 Å². The highest BCUT2D eigenvalue weighted by molar-refractivity contribution is 7.89. The second kappa shape index (κ2) is 5.59. The highest BCUT2D eigenvalue weighted by Gasteiger charge is 2.31. The van der Waals surface area contributed by atoms with Gasteiger partial charge in [0.2, 0.25) is 10.0 Å². The number of rotatable bonds is 4. The van der Waals surface area contributed by atoms with Crippen molar-refractivity contribution in [3.05, 3.63) is 23.8 Å². The largest absolute Gasteiger partial charge is 0.385 e. The maximum Gasteiger partial charge on any atom is 0.240 e. The maximum atomic E-state index is 12.4. The molecular weight excluding hydrogens is 288 g/mol. The van der Waals surface area contributed by atoms with E-state index in [-0.39, 0.29) is 5.60 Å². The zero-order valence-corrected chi connectivity index (χ0v) is 13.1. The summed E-state index contributed by atoms with van der Waals surface area (Å²) >= 11 is 0. The summed E-state index contributed by atoms with van der Waals surface area (Å²) in [6, 6.07) is 5.30. The Morgan fingerprint density at radius 2 is 2.24 bits per heavy atom. The van der Waals surface area contributed by atoms with Crippen molar-refractivity contribution >= 4 is 15.7 Å². The van der Waals surface area contributed by atoms with E-state index in [2.05, 4.69) is 10.0 Å². The molecule has 3 rings (SSSR count). The van der Waals surface area contributed by atoms with Crippen LogP contribution in [0.4, 0.5) is 5.69 Å². The van der Waals surface area contributed by atoms with E-state index in [1.54, 1.807) is 12.1 Å². The van der Waals surface area contributed by atoms with Gasteiger partial charge in [-0.3, -0.25) is 0 Å². The SMILES string of the molecule is CC1(CNS(=O)(=O)c2ccc3c(c2)CCCN3)CCCO1. The second-order valence-corrected chi connectivity index (χ2v) is 7.84. The molecule has 0 amide bonds. The predicted molar refractivity (Wildman–Crippen MR) is 82.0 cm³/mol. The first-order valence-corrected chi connectivity index (χ1v) is 8.97. The number of nitrogens with one attached hydrogen (secondary N) is 2. The summed E-state index contributed by atoms with van der Waals surface area (Å²) in [4.78, 5) is 0.339. The number of sulfonamides is 1. The van der Waals surface area contributed by atoms with Crippen LogP contribution < -0.4 is 10.0 Å². The van der Waals surface area contributed by atoms with Crippen LogP contribution in [0.15, 0.2) is 23.1 Å². The van der Waals surface area contributed by atoms with Gasteiger partial charge in [-0.2, -0.15) is 0 Å². The molecule has 2 heterocycles. The third-order valence-electron chi connectivity index (χ3n) is 4.26. The molecule has 0 spiro atoms. The number of aryl methyl sites for hydroxylation is 1. The Labute approximate surface area is 126 Å². The molecule has 0 aliphatic carbocycles. The van der Waals surface area contributed by atoms with Crippen LogP contribution in [0, 0.1) is 0 Å². The summed E-state index contributed by atoms with van der Waals surface area (Å²) in [7, 11) is -3.48. The standard InChI is InChI=1S/C15H22N2O3S/c1-15(7-3-9-20-15)11-17-21(18,19)13-5-6-14-12(10-13)4-2-8-16-14/h5-6,10,16-17H,2-4,7-9,11H2,1H3. The van der Waals surface area contributed by atoms with Gasteiger partial charge in [-0.25, -0.2) is 13.1 Å². The minimum Gasteiger partial charge on any atom is -0.385 e. The highest BCUT2D eigenvalue weighted by Crippen LogP contribution is 2.27. The molecule has 1 unspecified atom stereocenters. The predicted octanol–water partition coefficient (Wildman–Crippen LogP) is 1.89. The average molecular weight is 310 g/mol. The average Bonchev–Trinajstić information content (AvgIpc) is 2.92. The molecule has 2 aliphatic heterocycles. The lowest BCUT2D eigenvalue weighted by Gasteiger charge is -2.24. The minimum atomic E-state index is -3.48. The van der Waals surface area contributed by atoms with Crippen LogP contribution in [0.1, 0.15) is 31.7 Å². The number of anilines is 1. The lowest BCUT2D eigenvalue weighted by atomic mass is 10.0. The molecule has 0 bridgehead atoms. The maximum absolute atomic E-state index is 12.4. The first-order chi connectivity index (χ1) is 9.99. The van der Waals surface area contributed by atoms with Crippen LogP contribution in [0.25, 0.3) is 0 Å². The fraction of sp³-hybridized carbons (Fsp3) is 0.600. The van der Waals surface area contributed by atoms with Crippen molar-refractivity contribution in [3.63, 3.8) is 0 Å². The summed E-state index contributed by atoms with van der Waals surface area (Å²) in [5.41, 5.74) is 1.75. The molecule has 1 aromatic rings. The van der Waals surface area contributed by atoms with Gasteiger partial charge in [0, 0.05) is 25.4 Å². The molecule has 2 aliphatic rings. The van der Waals surface area contributed by atoms with Crippen LogP contribution in [0.3, 0.4) is 0 Å². The molecule has 6 heteroatoms. The van der Waals surface area contributed by atoms with Gasteiger partial charge in [-0.1, -0.05) is 0 Å². The fourth-order valence-electron chi connectivity index (χ4n) is 2.93. The minimum absolute atomic E-state index is 0.324. The Hall–Kier alpha value is -1.11. The van der Waals surface area contributed by atoms with E-state index in [0.29, 0.717) is 18.0 Å². The Kier molecular flexibility index (Phi) is 3.94. The lowest BCUT2D eigenvalue weighted by molar-refractivity contribution is 0.0250. The van der Waals surface area contributed by atoms with Crippen molar-refractivity contribution < 1.29 is 13.2 Å². The third-order valence-corrected chi connectivity index (χ3v) is 5.66. The smallest absolute Gasteiger partial charge is 0.240 e. The normalized spacial score (nSPS) is 25.4. The van der Waals surface area contributed by atoms with E-state index in [0.717, 1.165) is 43.5 Å². The Bertz CT molecular complexity index is 622. The van der Waals surface area contributed by atoms with Gasteiger partial charge in [0.1, 0.15) is 0 Å². The lowest BCUT2D eigenvalue weighted by Crippen LogP contribution is -2.40. The van der Waals surface area contributed by atoms with Gasteiger partial charge in [0.25, 0.3) is 0 Å². The van der Waals surface area contributed by atoms with Gasteiger partial charge < -0.3 is 10.1 Å². The Morgan fingerprint density at radius 1 is 1.38 bits per heavy atom. The molecule has 1 atom stereocenters. The van der Waals surface area contributed by atoms with Crippen LogP contribution in [-0.2, 0) is 21.2 Å². The van der Waals surface area contributed by atoms with E-state index in [1.165, 1.54) is 0 Å². The number of hydrogen-bond donors (Lipinski definition) is 2. The molecular formula is C15H22N2O3S. The fourth-order valence-corrected chi connectivity index (χ4v) is 4.13. The van der Waals surface area contributed by atoms with E-state index < -0.39 is 10.0 Å². The number of hydrogen-bond acceptors (Lipinski definition) is 4. The van der Waals surface area contributed by atoms with Crippen LogP contribution in [-0.4, -0.2) is 33.7 Å². The summed E-state index contributed by atoms with van der Waals surface area (Å²) in [5.74, 6) is 0. The summed E-state index contributed by atoms with van der Waals surface area (Å²) < 4.78 is 33.2. The van der Waals surface area contributed by atoms with Gasteiger partial charge in [0.15, 0.2) is 0 Å². The van der Waals surface area contributed by atoms with Crippen molar-refractivity contribution in [2.75, 3.05) is 25.0 Å². The molecule has 2 N–H and O–H groups in total. The molecule has 1 aromatic carbocycles. The second-order valence-electron chi connectivity index (χ2n) is 6.08. The Morgan fingerprint density at radius 3 is 3.00 bits per heavy atom. The van der Waals surface area contributed by atoms with E-state index in [9.17, 15) is 8.42 Å². The molecule has 5 nitrogen and oxygen atoms in total. The van der Waals surface area contributed by atoms with Crippen molar-refractivity contribution in [2.24, 2.45) is 0 Å². The quantitative estimate of drug-likeness (QED) is 0.891. The van der Waals surface area contributed by atoms with Crippen molar-refractivity contribution in [3.8, 4) is 0 Å². The van der Waals surface area contributed by atoms with E-state index >= 15 is 0 Å². The zero-order chi connectivity index (χ0) is 14.9. The molecule has 0 radical (unpaired) electrons. The molecule has 0 aromatic heterocycles. The van der Waals surface area contributed by atoms with E-state index in [4.69, 9.17) is 4.74 Å². The van der Waals surface area contributed by atoms with Crippen LogP contribution >= 0.6 is 0 Å². The highest BCUT2D eigenvalue weighted by atomic mass is 32.2.